The Balaban J connectivity index is 1.62. The van der Waals surface area contributed by atoms with E-state index >= 15 is 0 Å². The van der Waals surface area contributed by atoms with Crippen molar-refractivity contribution in [3.8, 4) is 17.0 Å². The van der Waals surface area contributed by atoms with Crippen molar-refractivity contribution in [2.45, 2.75) is 12.8 Å². The maximum Gasteiger partial charge on any atom is 0.269 e. The summed E-state index contributed by atoms with van der Waals surface area (Å²) < 4.78 is 5.15. The normalized spacial score (nSPS) is 11.8. The van der Waals surface area contributed by atoms with Gasteiger partial charge in [-0.25, -0.2) is 0 Å². The predicted molar refractivity (Wildman–Crippen MR) is 97.8 cm³/mol. The Bertz CT molecular complexity index is 826. The largest absolute Gasteiger partial charge is 0.497 e. The fourth-order valence-electron chi connectivity index (χ4n) is 2.59. The van der Waals surface area contributed by atoms with Crippen LogP contribution >= 0.6 is 0 Å². The first kappa shape index (κ1) is 16.8. The second-order valence-electron chi connectivity index (χ2n) is 5.92. The van der Waals surface area contributed by atoms with Gasteiger partial charge in [0.15, 0.2) is 0 Å². The lowest BCUT2D eigenvalue weighted by atomic mass is 10.0. The van der Waals surface area contributed by atoms with E-state index in [1.807, 2.05) is 42.5 Å². The highest BCUT2D eigenvalue weighted by Gasteiger charge is 2.13. The van der Waals surface area contributed by atoms with Crippen LogP contribution in [0.1, 0.15) is 28.9 Å². The maximum atomic E-state index is 12.3. The van der Waals surface area contributed by atoms with Crippen molar-refractivity contribution in [1.82, 2.24) is 15.5 Å². The van der Waals surface area contributed by atoms with Crippen LogP contribution in [0.25, 0.3) is 11.3 Å². The van der Waals surface area contributed by atoms with Crippen molar-refractivity contribution in [3.05, 3.63) is 71.9 Å². The van der Waals surface area contributed by atoms with Crippen LogP contribution in [0.4, 0.5) is 0 Å². The quantitative estimate of drug-likeness (QED) is 0.723. The molecule has 5 nitrogen and oxygen atoms in total. The molecular formula is C20H21N3O2. The molecule has 3 rings (SSSR count). The highest BCUT2D eigenvalue weighted by molar-refractivity contribution is 5.93. The highest BCUT2D eigenvalue weighted by atomic mass is 16.5. The second-order valence-corrected chi connectivity index (χ2v) is 5.92. The molecule has 0 aliphatic carbocycles. The Labute approximate surface area is 147 Å². The number of nitrogens with one attached hydrogen (secondary N) is 2. The summed E-state index contributed by atoms with van der Waals surface area (Å²) in [6.07, 6.45) is 0. The molecule has 0 saturated heterocycles. The van der Waals surface area contributed by atoms with E-state index in [1.54, 1.807) is 13.2 Å². The smallest absolute Gasteiger partial charge is 0.269 e. The lowest BCUT2D eigenvalue weighted by Crippen LogP contribution is -2.27. The fourth-order valence-corrected chi connectivity index (χ4v) is 2.59. The third-order valence-corrected chi connectivity index (χ3v) is 4.15. The summed E-state index contributed by atoms with van der Waals surface area (Å²) in [6, 6.07) is 19.4. The molecule has 1 unspecified atom stereocenters. The number of ether oxygens (including phenoxy) is 1. The van der Waals surface area contributed by atoms with E-state index in [-0.39, 0.29) is 11.8 Å². The highest BCUT2D eigenvalue weighted by Crippen LogP contribution is 2.21. The number of H-pyrrole nitrogens is 1. The first-order valence-corrected chi connectivity index (χ1v) is 8.20. The van der Waals surface area contributed by atoms with Gasteiger partial charge in [-0.15, -0.1) is 0 Å². The molecule has 1 aromatic heterocycles. The van der Waals surface area contributed by atoms with Gasteiger partial charge in [-0.3, -0.25) is 9.89 Å². The number of rotatable bonds is 6. The summed E-state index contributed by atoms with van der Waals surface area (Å²) in [5.74, 6) is 0.872. The number of hydrogen-bond acceptors (Lipinski definition) is 3. The molecule has 2 aromatic carbocycles. The molecule has 0 aliphatic heterocycles. The van der Waals surface area contributed by atoms with E-state index in [1.165, 1.54) is 5.56 Å². The van der Waals surface area contributed by atoms with Crippen LogP contribution in [0, 0.1) is 0 Å². The van der Waals surface area contributed by atoms with Gasteiger partial charge in [-0.2, -0.15) is 5.10 Å². The number of carbonyl (C=O) groups is 1. The van der Waals surface area contributed by atoms with Gasteiger partial charge in [0.2, 0.25) is 0 Å². The zero-order valence-electron chi connectivity index (χ0n) is 14.3. The van der Waals surface area contributed by atoms with Crippen LogP contribution in [0.2, 0.25) is 0 Å². The number of methoxy groups -OCH3 is 1. The van der Waals surface area contributed by atoms with Gasteiger partial charge >= 0.3 is 0 Å². The van der Waals surface area contributed by atoms with E-state index < -0.39 is 0 Å². The lowest BCUT2D eigenvalue weighted by Gasteiger charge is -2.12. The molecule has 128 valence electrons. The van der Waals surface area contributed by atoms with E-state index in [0.717, 1.165) is 17.0 Å². The van der Waals surface area contributed by atoms with E-state index in [4.69, 9.17) is 4.74 Å². The van der Waals surface area contributed by atoms with Crippen LogP contribution in [0.5, 0.6) is 5.75 Å². The number of aromatic nitrogens is 2. The third kappa shape index (κ3) is 4.07. The molecule has 1 heterocycles. The number of benzene rings is 2. The Kier molecular flexibility index (Phi) is 5.14. The number of amides is 1. The van der Waals surface area contributed by atoms with Crippen molar-refractivity contribution < 1.29 is 9.53 Å². The van der Waals surface area contributed by atoms with Gasteiger partial charge in [0.1, 0.15) is 11.4 Å². The number of hydrogen-bond donors (Lipinski definition) is 2. The number of nitrogens with zero attached hydrogens (tertiary/aromatic N) is 1. The molecule has 0 saturated carbocycles. The minimum Gasteiger partial charge on any atom is -0.497 e. The van der Waals surface area contributed by atoms with Gasteiger partial charge < -0.3 is 10.1 Å². The molecule has 0 aliphatic rings. The monoisotopic (exact) mass is 335 g/mol. The summed E-state index contributed by atoms with van der Waals surface area (Å²) in [5, 5.41) is 9.97. The van der Waals surface area contributed by atoms with Crippen LogP contribution in [0.3, 0.4) is 0 Å². The standard InChI is InChI=1S/C20H21N3O2/c1-14(15-6-4-3-5-7-15)13-21-20(24)19-12-18(22-23-19)16-8-10-17(25-2)11-9-16/h3-12,14H,13H2,1-2H3,(H,21,24)(H,22,23). The summed E-state index contributed by atoms with van der Waals surface area (Å²) in [7, 11) is 1.63. The lowest BCUT2D eigenvalue weighted by molar-refractivity contribution is 0.0946. The molecule has 0 radical (unpaired) electrons. The zero-order valence-corrected chi connectivity index (χ0v) is 14.3. The van der Waals surface area contributed by atoms with Crippen molar-refractivity contribution in [1.29, 1.82) is 0 Å². The molecule has 1 atom stereocenters. The number of carbonyl (C=O) groups excluding carboxylic acids is 1. The van der Waals surface area contributed by atoms with Crippen molar-refractivity contribution in [2.75, 3.05) is 13.7 Å². The van der Waals surface area contributed by atoms with E-state index in [2.05, 4.69) is 34.6 Å². The Morgan fingerprint density at radius 1 is 1.16 bits per heavy atom. The van der Waals surface area contributed by atoms with Crippen molar-refractivity contribution >= 4 is 5.91 Å². The van der Waals surface area contributed by atoms with Crippen LogP contribution in [-0.4, -0.2) is 29.8 Å². The molecule has 5 heteroatoms. The minimum atomic E-state index is -0.157. The SMILES string of the molecule is COc1ccc(-c2cc(C(=O)NCC(C)c3ccccc3)[nH]n2)cc1. The Hall–Kier alpha value is -3.08. The maximum absolute atomic E-state index is 12.3. The molecule has 0 fully saturated rings. The minimum absolute atomic E-state index is 0.157. The van der Waals surface area contributed by atoms with Crippen molar-refractivity contribution in [3.63, 3.8) is 0 Å². The zero-order chi connectivity index (χ0) is 17.6. The number of aromatic amines is 1. The second kappa shape index (κ2) is 7.66. The molecule has 2 N–H and O–H groups in total. The van der Waals surface area contributed by atoms with Gasteiger partial charge in [-0.1, -0.05) is 37.3 Å². The summed E-state index contributed by atoms with van der Waals surface area (Å²) in [4.78, 5) is 12.3. The van der Waals surface area contributed by atoms with Crippen molar-refractivity contribution in [2.24, 2.45) is 0 Å². The average Bonchev–Trinajstić information content (AvgIpc) is 3.17. The fraction of sp³-hybridized carbons (Fsp3) is 0.200. The Morgan fingerprint density at radius 3 is 2.56 bits per heavy atom. The summed E-state index contributed by atoms with van der Waals surface area (Å²) >= 11 is 0. The third-order valence-electron chi connectivity index (χ3n) is 4.15. The topological polar surface area (TPSA) is 67.0 Å². The molecule has 0 spiro atoms. The van der Waals surface area contributed by atoms with Crippen LogP contribution < -0.4 is 10.1 Å². The van der Waals surface area contributed by atoms with Gasteiger partial charge in [0, 0.05) is 12.1 Å². The van der Waals surface area contributed by atoms with Crippen LogP contribution in [0.15, 0.2) is 60.7 Å². The predicted octanol–water partition coefficient (Wildman–Crippen LogP) is 3.62. The van der Waals surface area contributed by atoms with Crippen LogP contribution in [-0.2, 0) is 0 Å². The van der Waals surface area contributed by atoms with Gasteiger partial charge in [0.25, 0.3) is 5.91 Å². The van der Waals surface area contributed by atoms with E-state index in [0.29, 0.717) is 12.2 Å². The molecular weight excluding hydrogens is 314 g/mol. The molecule has 1 amide bonds. The first-order valence-electron chi connectivity index (χ1n) is 8.20. The van der Waals surface area contributed by atoms with E-state index in [9.17, 15) is 4.79 Å². The average molecular weight is 335 g/mol. The molecule has 0 bridgehead atoms. The van der Waals surface area contributed by atoms with Gasteiger partial charge in [-0.05, 0) is 41.8 Å². The first-order chi connectivity index (χ1) is 12.2. The molecule has 3 aromatic rings. The molecule has 25 heavy (non-hydrogen) atoms. The Morgan fingerprint density at radius 2 is 1.88 bits per heavy atom. The summed E-state index contributed by atoms with van der Waals surface area (Å²) in [6.45, 7) is 2.66. The van der Waals surface area contributed by atoms with Gasteiger partial charge in [0.05, 0.1) is 12.8 Å². The summed E-state index contributed by atoms with van der Waals surface area (Å²) in [5.41, 5.74) is 3.30.